The van der Waals surface area contributed by atoms with Crippen molar-refractivity contribution in [3.05, 3.63) is 33.8 Å². The van der Waals surface area contributed by atoms with Gasteiger partial charge in [-0.15, -0.1) is 0 Å². The van der Waals surface area contributed by atoms with Crippen molar-refractivity contribution < 1.29 is 9.00 Å². The number of nitrogens with zero attached hydrogens (tertiary/aromatic N) is 1. The minimum absolute atomic E-state index is 0.0568. The van der Waals surface area contributed by atoms with E-state index in [1.54, 1.807) is 32.2 Å². The predicted octanol–water partition coefficient (Wildman–Crippen LogP) is 2.72. The third kappa shape index (κ3) is 4.96. The Bertz CT molecular complexity index is 445. The number of hydrogen-bond donors (Lipinski definition) is 0. The van der Waals surface area contributed by atoms with Crippen LogP contribution in [0.15, 0.2) is 18.2 Å². The Balaban J connectivity index is 2.66. The number of hydrogen-bond acceptors (Lipinski definition) is 2. The second kappa shape index (κ2) is 7.12. The highest BCUT2D eigenvalue weighted by Crippen LogP contribution is 2.19. The van der Waals surface area contributed by atoms with E-state index in [9.17, 15) is 9.00 Å². The molecule has 1 rings (SSSR count). The first-order valence-corrected chi connectivity index (χ1v) is 7.70. The molecule has 0 aliphatic heterocycles. The highest BCUT2D eigenvalue weighted by molar-refractivity contribution is 7.85. The molecule has 0 aliphatic rings. The molecule has 0 bridgehead atoms. The van der Waals surface area contributed by atoms with E-state index in [1.807, 2.05) is 0 Å². The second-order valence-electron chi connectivity index (χ2n) is 3.90. The van der Waals surface area contributed by atoms with Gasteiger partial charge in [-0.3, -0.25) is 9.00 Å². The molecule has 0 heterocycles. The molecule has 0 saturated carbocycles. The third-order valence-electron chi connectivity index (χ3n) is 2.37. The van der Waals surface area contributed by atoms with E-state index >= 15 is 0 Å². The van der Waals surface area contributed by atoms with Crippen molar-refractivity contribution in [2.45, 2.75) is 13.5 Å². The van der Waals surface area contributed by atoms with Crippen molar-refractivity contribution in [1.82, 2.24) is 4.90 Å². The van der Waals surface area contributed by atoms with E-state index in [-0.39, 0.29) is 11.7 Å². The maximum Gasteiger partial charge on any atom is 0.235 e. The molecule has 100 valence electrons. The molecule has 0 aliphatic carbocycles. The predicted molar refractivity (Wildman–Crippen MR) is 76.5 cm³/mol. The first-order chi connectivity index (χ1) is 8.42. The SMILES string of the molecule is CC[S@](=O)CC(=O)N(C)Cc1cc(Cl)cc(Cl)c1. The minimum atomic E-state index is -1.09. The van der Waals surface area contributed by atoms with Crippen molar-refractivity contribution in [2.24, 2.45) is 0 Å². The molecule has 0 fully saturated rings. The van der Waals surface area contributed by atoms with Crippen LogP contribution in [0.25, 0.3) is 0 Å². The monoisotopic (exact) mass is 307 g/mol. The topological polar surface area (TPSA) is 37.4 Å². The fourth-order valence-electron chi connectivity index (χ4n) is 1.41. The molecule has 18 heavy (non-hydrogen) atoms. The van der Waals surface area contributed by atoms with Crippen molar-refractivity contribution in [3.8, 4) is 0 Å². The summed E-state index contributed by atoms with van der Waals surface area (Å²) in [6.45, 7) is 2.19. The second-order valence-corrected chi connectivity index (χ2v) is 6.52. The molecule has 0 N–H and O–H groups in total. The highest BCUT2D eigenvalue weighted by atomic mass is 35.5. The van der Waals surface area contributed by atoms with E-state index in [4.69, 9.17) is 23.2 Å². The van der Waals surface area contributed by atoms with Crippen LogP contribution < -0.4 is 0 Å². The van der Waals surface area contributed by atoms with E-state index in [2.05, 4.69) is 0 Å². The molecule has 6 heteroatoms. The standard InChI is InChI=1S/C12H15Cl2NO2S/c1-3-18(17)8-12(16)15(2)7-9-4-10(13)6-11(14)5-9/h4-6H,3,7-8H2,1-2H3/t18-/m0/s1. The Hall–Kier alpha value is -0.580. The van der Waals surface area contributed by atoms with Gasteiger partial charge in [0, 0.05) is 40.2 Å². The van der Waals surface area contributed by atoms with Crippen LogP contribution >= 0.6 is 23.2 Å². The molecular formula is C12H15Cl2NO2S. The van der Waals surface area contributed by atoms with Gasteiger partial charge in [-0.1, -0.05) is 30.1 Å². The summed E-state index contributed by atoms with van der Waals surface area (Å²) in [7, 11) is 0.583. The van der Waals surface area contributed by atoms with Crippen LogP contribution in [0.4, 0.5) is 0 Å². The van der Waals surface area contributed by atoms with Gasteiger partial charge >= 0.3 is 0 Å². The van der Waals surface area contributed by atoms with Gasteiger partial charge in [0.2, 0.25) is 5.91 Å². The molecule has 0 aromatic heterocycles. The Morgan fingerprint density at radius 1 is 1.28 bits per heavy atom. The van der Waals surface area contributed by atoms with Crippen LogP contribution in [0.1, 0.15) is 12.5 Å². The fourth-order valence-corrected chi connectivity index (χ4v) is 2.69. The number of carbonyl (C=O) groups is 1. The van der Waals surface area contributed by atoms with E-state index in [0.717, 1.165) is 5.56 Å². The average molecular weight is 308 g/mol. The lowest BCUT2D eigenvalue weighted by Crippen LogP contribution is -2.30. The minimum Gasteiger partial charge on any atom is -0.341 e. The first-order valence-electron chi connectivity index (χ1n) is 5.46. The molecule has 0 unspecified atom stereocenters. The molecule has 1 aromatic carbocycles. The molecule has 1 atom stereocenters. The summed E-state index contributed by atoms with van der Waals surface area (Å²) in [6, 6.07) is 5.16. The van der Waals surface area contributed by atoms with Crippen LogP contribution in [0, 0.1) is 0 Å². The Morgan fingerprint density at radius 2 is 1.83 bits per heavy atom. The zero-order valence-corrected chi connectivity index (χ0v) is 12.6. The summed E-state index contributed by atoms with van der Waals surface area (Å²) in [4.78, 5) is 13.3. The summed E-state index contributed by atoms with van der Waals surface area (Å²) in [5, 5.41) is 1.07. The van der Waals surface area contributed by atoms with Gasteiger partial charge in [-0.05, 0) is 23.8 Å². The first kappa shape index (κ1) is 15.5. The molecule has 1 aromatic rings. The number of amides is 1. The molecule has 1 amide bonds. The van der Waals surface area contributed by atoms with Crippen molar-refractivity contribution in [3.63, 3.8) is 0 Å². The van der Waals surface area contributed by atoms with Crippen LogP contribution in [0.2, 0.25) is 10.0 Å². The van der Waals surface area contributed by atoms with E-state index in [0.29, 0.717) is 22.3 Å². The van der Waals surface area contributed by atoms with Crippen LogP contribution in [-0.2, 0) is 22.1 Å². The van der Waals surface area contributed by atoms with Gasteiger partial charge in [-0.2, -0.15) is 0 Å². The molecule has 0 spiro atoms. The van der Waals surface area contributed by atoms with Gasteiger partial charge in [0.1, 0.15) is 5.75 Å². The molecule has 0 radical (unpaired) electrons. The van der Waals surface area contributed by atoms with Gasteiger partial charge < -0.3 is 4.90 Å². The van der Waals surface area contributed by atoms with Crippen LogP contribution in [0.3, 0.4) is 0 Å². The van der Waals surface area contributed by atoms with Gasteiger partial charge in [0.15, 0.2) is 0 Å². The Labute approximate surface area is 120 Å². The molecule has 0 saturated heterocycles. The average Bonchev–Trinajstić information content (AvgIpc) is 2.27. The third-order valence-corrected chi connectivity index (χ3v) is 4.02. The van der Waals surface area contributed by atoms with Crippen LogP contribution in [0.5, 0.6) is 0 Å². The van der Waals surface area contributed by atoms with Gasteiger partial charge in [0.25, 0.3) is 0 Å². The van der Waals surface area contributed by atoms with Crippen LogP contribution in [-0.4, -0.2) is 33.6 Å². The molecule has 3 nitrogen and oxygen atoms in total. The summed E-state index contributed by atoms with van der Waals surface area (Å²) in [5.74, 6) is 0.399. The summed E-state index contributed by atoms with van der Waals surface area (Å²) >= 11 is 11.8. The number of halogens is 2. The van der Waals surface area contributed by atoms with E-state index in [1.165, 1.54) is 4.90 Å². The maximum absolute atomic E-state index is 11.8. The number of rotatable bonds is 5. The number of benzene rings is 1. The Morgan fingerprint density at radius 3 is 2.33 bits per heavy atom. The Kier molecular flexibility index (Phi) is 6.12. The quantitative estimate of drug-likeness (QED) is 0.839. The largest absolute Gasteiger partial charge is 0.341 e. The van der Waals surface area contributed by atoms with E-state index < -0.39 is 10.8 Å². The zero-order chi connectivity index (χ0) is 13.7. The lowest BCUT2D eigenvalue weighted by atomic mass is 10.2. The summed E-state index contributed by atoms with van der Waals surface area (Å²) in [6.07, 6.45) is 0. The van der Waals surface area contributed by atoms with Gasteiger partial charge in [-0.25, -0.2) is 0 Å². The van der Waals surface area contributed by atoms with Crippen molar-refractivity contribution >= 4 is 39.9 Å². The lowest BCUT2D eigenvalue weighted by Gasteiger charge is -2.17. The maximum atomic E-state index is 11.8. The van der Waals surface area contributed by atoms with Gasteiger partial charge in [0.05, 0.1) is 0 Å². The lowest BCUT2D eigenvalue weighted by molar-refractivity contribution is -0.127. The normalized spacial score (nSPS) is 12.2. The van der Waals surface area contributed by atoms with Crippen molar-refractivity contribution in [1.29, 1.82) is 0 Å². The molecular weight excluding hydrogens is 293 g/mol. The van der Waals surface area contributed by atoms with Crippen molar-refractivity contribution in [2.75, 3.05) is 18.6 Å². The highest BCUT2D eigenvalue weighted by Gasteiger charge is 2.12. The summed E-state index contributed by atoms with van der Waals surface area (Å²) < 4.78 is 11.3. The smallest absolute Gasteiger partial charge is 0.235 e. The summed E-state index contributed by atoms with van der Waals surface area (Å²) in [5.41, 5.74) is 0.852. The number of carbonyl (C=O) groups excluding carboxylic acids is 1. The zero-order valence-electron chi connectivity index (χ0n) is 10.3. The fraction of sp³-hybridized carbons (Fsp3) is 0.417.